The van der Waals surface area contributed by atoms with Crippen LogP contribution in [0, 0.1) is 6.92 Å². The minimum absolute atomic E-state index is 0.0469. The van der Waals surface area contributed by atoms with E-state index in [2.05, 4.69) is 20.0 Å². The predicted molar refractivity (Wildman–Crippen MR) is 87.8 cm³/mol. The molecule has 23 heavy (non-hydrogen) atoms. The third-order valence-electron chi connectivity index (χ3n) is 2.86. The summed E-state index contributed by atoms with van der Waals surface area (Å²) in [7, 11) is 1.25. The number of esters is 1. The summed E-state index contributed by atoms with van der Waals surface area (Å²) in [4.78, 5) is 42.4. The largest absolute Gasteiger partial charge is 0.465 e. The normalized spacial score (nSPS) is 10.3. The molecule has 0 radical (unpaired) electrons. The monoisotopic (exact) mass is 353 g/mol. The highest BCUT2D eigenvalue weighted by atomic mass is 32.2. The second-order valence-corrected chi connectivity index (χ2v) is 6.48. The molecule has 0 aliphatic heterocycles. The van der Waals surface area contributed by atoms with Crippen molar-refractivity contribution in [3.05, 3.63) is 44.1 Å². The molecule has 122 valence electrons. The van der Waals surface area contributed by atoms with E-state index in [1.807, 2.05) is 17.5 Å². The van der Waals surface area contributed by atoms with Gasteiger partial charge in [-0.2, -0.15) is 4.98 Å². The number of hydrogen-bond acceptors (Lipinski definition) is 7. The summed E-state index contributed by atoms with van der Waals surface area (Å²) >= 11 is 2.58. The number of aromatic amines is 1. The van der Waals surface area contributed by atoms with Crippen LogP contribution in [-0.4, -0.2) is 34.7 Å². The number of thioether (sulfide) groups is 1. The van der Waals surface area contributed by atoms with Gasteiger partial charge in [0.25, 0.3) is 0 Å². The number of ether oxygens (including phenoxy) is 1. The fourth-order valence-corrected chi connectivity index (χ4v) is 3.33. The highest BCUT2D eigenvalue weighted by Gasteiger charge is 2.19. The maximum absolute atomic E-state index is 11.9. The van der Waals surface area contributed by atoms with Crippen LogP contribution in [0.15, 0.2) is 27.3 Å². The lowest BCUT2D eigenvalue weighted by atomic mass is 10.2. The van der Waals surface area contributed by atoms with Crippen molar-refractivity contribution in [3.63, 3.8) is 0 Å². The first kappa shape index (κ1) is 17.2. The Hall–Kier alpha value is -2.13. The van der Waals surface area contributed by atoms with Gasteiger partial charge < -0.3 is 15.0 Å². The molecule has 0 saturated heterocycles. The van der Waals surface area contributed by atoms with Crippen molar-refractivity contribution in [2.75, 3.05) is 12.9 Å². The molecule has 2 aromatic rings. The number of aryl methyl sites for hydroxylation is 1. The third-order valence-corrected chi connectivity index (χ3v) is 4.71. The number of hydrogen-bond donors (Lipinski definition) is 2. The van der Waals surface area contributed by atoms with Crippen LogP contribution in [-0.2, 0) is 16.1 Å². The highest BCUT2D eigenvalue weighted by molar-refractivity contribution is 8.00. The van der Waals surface area contributed by atoms with Crippen molar-refractivity contribution >= 4 is 35.0 Å². The Morgan fingerprint density at radius 2 is 2.26 bits per heavy atom. The topological polar surface area (TPSA) is 101 Å². The van der Waals surface area contributed by atoms with Gasteiger partial charge in [-0.15, -0.1) is 11.3 Å². The highest BCUT2D eigenvalue weighted by Crippen LogP contribution is 2.21. The second-order valence-electron chi connectivity index (χ2n) is 4.48. The summed E-state index contributed by atoms with van der Waals surface area (Å²) in [5.41, 5.74) is -0.0434. The molecule has 2 heterocycles. The van der Waals surface area contributed by atoms with Crippen LogP contribution < -0.4 is 11.0 Å². The molecule has 7 nitrogen and oxygen atoms in total. The van der Waals surface area contributed by atoms with Gasteiger partial charge >= 0.3 is 11.7 Å². The van der Waals surface area contributed by atoms with Crippen molar-refractivity contribution in [3.8, 4) is 0 Å². The van der Waals surface area contributed by atoms with Gasteiger partial charge in [0, 0.05) is 10.6 Å². The summed E-state index contributed by atoms with van der Waals surface area (Å²) in [6.45, 7) is 2.03. The summed E-state index contributed by atoms with van der Waals surface area (Å²) in [5.74, 6) is -0.766. The molecule has 0 fully saturated rings. The number of carbonyl (C=O) groups is 2. The van der Waals surface area contributed by atoms with E-state index in [1.165, 1.54) is 7.11 Å². The quantitative estimate of drug-likeness (QED) is 0.462. The Balaban J connectivity index is 2.03. The molecule has 0 atom stereocenters. The zero-order chi connectivity index (χ0) is 16.8. The van der Waals surface area contributed by atoms with Crippen molar-refractivity contribution in [2.24, 2.45) is 0 Å². The first-order chi connectivity index (χ1) is 11.0. The lowest BCUT2D eigenvalue weighted by Gasteiger charge is -2.09. The number of rotatable bonds is 6. The Morgan fingerprint density at radius 1 is 1.48 bits per heavy atom. The SMILES string of the molecule is COC(=O)c1c(SCC(=O)NCc2cccs2)nc(=O)[nH]c1C. The van der Waals surface area contributed by atoms with Gasteiger partial charge in [0.2, 0.25) is 5.91 Å². The number of nitrogens with zero attached hydrogens (tertiary/aromatic N) is 1. The number of thiophene rings is 1. The first-order valence-electron chi connectivity index (χ1n) is 6.62. The molecular weight excluding hydrogens is 338 g/mol. The molecular formula is C14H15N3O4S2. The minimum Gasteiger partial charge on any atom is -0.465 e. The zero-order valence-electron chi connectivity index (χ0n) is 12.5. The van der Waals surface area contributed by atoms with Crippen LogP contribution in [0.25, 0.3) is 0 Å². The standard InChI is InChI=1S/C14H15N3O4S2/c1-8-11(13(19)21-2)12(17-14(20)16-8)23-7-10(18)15-6-9-4-3-5-22-9/h3-5H,6-7H2,1-2H3,(H,15,18)(H,16,17,20). The molecule has 1 amide bonds. The number of nitrogens with one attached hydrogen (secondary N) is 2. The maximum atomic E-state index is 11.9. The zero-order valence-corrected chi connectivity index (χ0v) is 14.2. The Morgan fingerprint density at radius 3 is 2.91 bits per heavy atom. The molecule has 0 aromatic carbocycles. The van der Waals surface area contributed by atoms with Gasteiger partial charge in [0.15, 0.2) is 0 Å². The van der Waals surface area contributed by atoms with E-state index in [0.717, 1.165) is 16.6 Å². The van der Waals surface area contributed by atoms with Gasteiger partial charge in [-0.05, 0) is 18.4 Å². The first-order valence-corrected chi connectivity index (χ1v) is 8.49. The molecule has 2 N–H and O–H groups in total. The summed E-state index contributed by atoms with van der Waals surface area (Å²) in [6, 6.07) is 3.83. The third kappa shape index (κ3) is 4.67. The van der Waals surface area contributed by atoms with Crippen LogP contribution in [0.2, 0.25) is 0 Å². The van der Waals surface area contributed by atoms with E-state index in [4.69, 9.17) is 0 Å². The van der Waals surface area contributed by atoms with Gasteiger partial charge in [-0.1, -0.05) is 17.8 Å². The smallest absolute Gasteiger partial charge is 0.346 e. The number of H-pyrrole nitrogens is 1. The second kappa shape index (κ2) is 7.93. The summed E-state index contributed by atoms with van der Waals surface area (Å²) in [6.07, 6.45) is 0. The molecule has 0 aliphatic carbocycles. The van der Waals surface area contributed by atoms with Crippen molar-refractivity contribution < 1.29 is 14.3 Å². The van der Waals surface area contributed by atoms with E-state index in [9.17, 15) is 14.4 Å². The Bertz CT molecular complexity index is 756. The Kier molecular flexibility index (Phi) is 5.94. The van der Waals surface area contributed by atoms with Crippen LogP contribution >= 0.6 is 23.1 Å². The molecule has 2 aromatic heterocycles. The van der Waals surface area contributed by atoms with Crippen LogP contribution in [0.4, 0.5) is 0 Å². The predicted octanol–water partition coefficient (Wildman–Crippen LogP) is 1.33. The lowest BCUT2D eigenvalue weighted by molar-refractivity contribution is -0.118. The minimum atomic E-state index is -0.604. The molecule has 0 saturated carbocycles. The maximum Gasteiger partial charge on any atom is 0.346 e. The van der Waals surface area contributed by atoms with Crippen molar-refractivity contribution in [1.29, 1.82) is 0 Å². The van der Waals surface area contributed by atoms with Gasteiger partial charge in [0.1, 0.15) is 10.6 Å². The molecule has 0 aliphatic rings. The average Bonchev–Trinajstić information content (AvgIpc) is 3.03. The molecule has 0 bridgehead atoms. The number of carbonyl (C=O) groups excluding carboxylic acids is 2. The Labute approximate surface area is 140 Å². The van der Waals surface area contributed by atoms with E-state index < -0.39 is 11.7 Å². The van der Waals surface area contributed by atoms with E-state index in [0.29, 0.717) is 12.2 Å². The molecule has 9 heteroatoms. The number of methoxy groups -OCH3 is 1. The van der Waals surface area contributed by atoms with E-state index >= 15 is 0 Å². The summed E-state index contributed by atoms with van der Waals surface area (Å²) < 4.78 is 4.69. The fraction of sp³-hybridized carbons (Fsp3) is 0.286. The van der Waals surface area contributed by atoms with Crippen LogP contribution in [0.5, 0.6) is 0 Å². The van der Waals surface area contributed by atoms with E-state index in [-0.39, 0.29) is 22.2 Å². The fourth-order valence-electron chi connectivity index (χ4n) is 1.79. The average molecular weight is 353 g/mol. The number of amides is 1. The van der Waals surface area contributed by atoms with E-state index in [1.54, 1.807) is 18.3 Å². The van der Waals surface area contributed by atoms with Gasteiger partial charge in [-0.25, -0.2) is 9.59 Å². The van der Waals surface area contributed by atoms with Crippen LogP contribution in [0.1, 0.15) is 20.9 Å². The number of aromatic nitrogens is 2. The molecule has 2 rings (SSSR count). The van der Waals surface area contributed by atoms with Gasteiger partial charge in [-0.3, -0.25) is 4.79 Å². The van der Waals surface area contributed by atoms with Gasteiger partial charge in [0.05, 0.1) is 19.4 Å². The molecule has 0 unspecified atom stereocenters. The molecule has 0 spiro atoms. The van der Waals surface area contributed by atoms with Crippen LogP contribution in [0.3, 0.4) is 0 Å². The lowest BCUT2D eigenvalue weighted by Crippen LogP contribution is -2.25. The summed E-state index contributed by atoms with van der Waals surface area (Å²) in [5, 5.41) is 4.88. The van der Waals surface area contributed by atoms with Crippen molar-refractivity contribution in [1.82, 2.24) is 15.3 Å². The van der Waals surface area contributed by atoms with Crippen molar-refractivity contribution in [2.45, 2.75) is 18.5 Å².